The van der Waals surface area contributed by atoms with Gasteiger partial charge in [-0.3, -0.25) is 9.59 Å². The summed E-state index contributed by atoms with van der Waals surface area (Å²) < 4.78 is 0. The van der Waals surface area contributed by atoms with Crippen LogP contribution in [0.1, 0.15) is 42.4 Å². The third-order valence-corrected chi connectivity index (χ3v) is 6.59. The Balaban J connectivity index is 1.35. The van der Waals surface area contributed by atoms with Crippen molar-refractivity contribution in [2.45, 2.75) is 45.4 Å². The van der Waals surface area contributed by atoms with E-state index in [2.05, 4.69) is 12.1 Å². The van der Waals surface area contributed by atoms with Crippen LogP contribution in [0.5, 0.6) is 0 Å². The Hall–Kier alpha value is -2.33. The monoisotopic (exact) mass is 424 g/mol. The van der Waals surface area contributed by atoms with E-state index < -0.39 is 0 Å². The number of aryl methyl sites for hydroxylation is 3. The highest BCUT2D eigenvalue weighted by Crippen LogP contribution is 2.35. The van der Waals surface area contributed by atoms with Gasteiger partial charge in [-0.1, -0.05) is 41.9 Å². The van der Waals surface area contributed by atoms with Gasteiger partial charge in [0.1, 0.15) is 0 Å². The Morgan fingerprint density at radius 2 is 1.80 bits per heavy atom. The topological polar surface area (TPSA) is 40.6 Å². The number of fused-ring (bicyclic) bond motifs is 1. The van der Waals surface area contributed by atoms with Crippen molar-refractivity contribution >= 4 is 29.1 Å². The maximum atomic E-state index is 13.3. The van der Waals surface area contributed by atoms with Gasteiger partial charge in [-0.2, -0.15) is 0 Å². The minimum atomic E-state index is -0.01000. The first kappa shape index (κ1) is 20.9. The zero-order valence-corrected chi connectivity index (χ0v) is 18.3. The predicted octanol–water partition coefficient (Wildman–Crippen LogP) is 4.80. The van der Waals surface area contributed by atoms with E-state index in [1.165, 1.54) is 11.1 Å². The minimum absolute atomic E-state index is 0.01000. The molecule has 0 saturated carbocycles. The highest BCUT2D eigenvalue weighted by Gasteiger charge is 2.33. The van der Waals surface area contributed by atoms with Gasteiger partial charge >= 0.3 is 0 Å². The highest BCUT2D eigenvalue weighted by atomic mass is 35.5. The number of likely N-dealkylation sites (tertiary alicyclic amines) is 1. The van der Waals surface area contributed by atoms with Gasteiger partial charge in [0.15, 0.2) is 0 Å². The van der Waals surface area contributed by atoms with E-state index in [4.69, 9.17) is 11.6 Å². The second kappa shape index (κ2) is 9.22. The van der Waals surface area contributed by atoms with Crippen molar-refractivity contribution in [2.75, 3.05) is 24.5 Å². The molecule has 0 aromatic heterocycles. The van der Waals surface area contributed by atoms with Crippen molar-refractivity contribution in [1.82, 2.24) is 4.90 Å². The number of carbonyl (C=O) groups is 2. The van der Waals surface area contributed by atoms with Crippen LogP contribution in [0.25, 0.3) is 0 Å². The predicted molar refractivity (Wildman–Crippen MR) is 121 cm³/mol. The lowest BCUT2D eigenvalue weighted by atomic mass is 9.92. The molecule has 2 aromatic rings. The van der Waals surface area contributed by atoms with Gasteiger partial charge in [-0.25, -0.2) is 0 Å². The molecule has 2 amide bonds. The number of hydrogen-bond acceptors (Lipinski definition) is 2. The van der Waals surface area contributed by atoms with E-state index in [-0.39, 0.29) is 17.7 Å². The van der Waals surface area contributed by atoms with E-state index in [1.54, 1.807) is 0 Å². The molecule has 5 heteroatoms. The lowest BCUT2D eigenvalue weighted by Crippen LogP contribution is -2.46. The minimum Gasteiger partial charge on any atom is -0.343 e. The van der Waals surface area contributed by atoms with Crippen LogP contribution < -0.4 is 4.90 Å². The molecular formula is C25H29ClN2O2. The molecule has 4 nitrogen and oxygen atoms in total. The highest BCUT2D eigenvalue weighted by molar-refractivity contribution is 6.30. The lowest BCUT2D eigenvalue weighted by molar-refractivity contribution is -0.134. The molecular weight excluding hydrogens is 396 g/mol. The number of amides is 2. The maximum Gasteiger partial charge on any atom is 0.230 e. The van der Waals surface area contributed by atoms with Gasteiger partial charge in [-0.15, -0.1) is 0 Å². The van der Waals surface area contributed by atoms with Gasteiger partial charge in [0.25, 0.3) is 0 Å². The zero-order valence-electron chi connectivity index (χ0n) is 17.6. The standard InChI is InChI=1S/C25H29ClN2O2/c1-18-16-22(26)17-21-8-5-13-28(24(18)21)25(30)20-11-14-27(15-12-20)23(29)10-9-19-6-3-2-4-7-19/h2-4,6-7,16-17,20H,5,8-15H2,1H3. The number of carbonyl (C=O) groups excluding carboxylic acids is 2. The molecule has 30 heavy (non-hydrogen) atoms. The van der Waals surface area contributed by atoms with Crippen molar-refractivity contribution in [3.63, 3.8) is 0 Å². The molecule has 1 saturated heterocycles. The molecule has 0 bridgehead atoms. The summed E-state index contributed by atoms with van der Waals surface area (Å²) in [4.78, 5) is 29.8. The van der Waals surface area contributed by atoms with Crippen LogP contribution >= 0.6 is 11.6 Å². The van der Waals surface area contributed by atoms with Crippen LogP contribution in [-0.4, -0.2) is 36.3 Å². The Morgan fingerprint density at radius 3 is 2.53 bits per heavy atom. The fraction of sp³-hybridized carbons (Fsp3) is 0.440. The molecule has 0 unspecified atom stereocenters. The van der Waals surface area contributed by atoms with Gasteiger partial charge < -0.3 is 9.80 Å². The Morgan fingerprint density at radius 1 is 1.07 bits per heavy atom. The van der Waals surface area contributed by atoms with E-state index in [0.29, 0.717) is 19.5 Å². The summed E-state index contributed by atoms with van der Waals surface area (Å²) in [6.45, 7) is 4.14. The van der Waals surface area contributed by atoms with Crippen LogP contribution in [-0.2, 0) is 22.4 Å². The third-order valence-electron chi connectivity index (χ3n) is 6.38. The summed E-state index contributed by atoms with van der Waals surface area (Å²) in [5, 5.41) is 0.739. The summed E-state index contributed by atoms with van der Waals surface area (Å²) in [7, 11) is 0. The molecule has 0 spiro atoms. The number of piperidine rings is 1. The van der Waals surface area contributed by atoms with Crippen LogP contribution in [0.15, 0.2) is 42.5 Å². The van der Waals surface area contributed by atoms with Crippen molar-refractivity contribution in [3.8, 4) is 0 Å². The summed E-state index contributed by atoms with van der Waals surface area (Å²) >= 11 is 6.23. The fourth-order valence-electron chi connectivity index (χ4n) is 4.79. The molecule has 1 fully saturated rings. The normalized spacial score (nSPS) is 17.0. The van der Waals surface area contributed by atoms with Crippen LogP contribution in [0.3, 0.4) is 0 Å². The Kier molecular flexibility index (Phi) is 6.43. The van der Waals surface area contributed by atoms with Crippen molar-refractivity contribution in [3.05, 3.63) is 64.2 Å². The molecule has 2 heterocycles. The van der Waals surface area contributed by atoms with Crippen molar-refractivity contribution < 1.29 is 9.59 Å². The second-order valence-electron chi connectivity index (χ2n) is 8.46. The molecule has 2 aliphatic rings. The molecule has 0 atom stereocenters. The molecule has 0 aliphatic carbocycles. The number of nitrogens with zero attached hydrogens (tertiary/aromatic N) is 2. The summed E-state index contributed by atoms with van der Waals surface area (Å²) in [5.41, 5.74) is 4.49. The average molecular weight is 425 g/mol. The first-order valence-corrected chi connectivity index (χ1v) is 11.3. The van der Waals surface area contributed by atoms with Crippen LogP contribution in [0, 0.1) is 12.8 Å². The summed E-state index contributed by atoms with van der Waals surface area (Å²) in [6.07, 6.45) is 4.72. The Bertz CT molecular complexity index is 920. The smallest absolute Gasteiger partial charge is 0.230 e. The maximum absolute atomic E-state index is 13.3. The lowest BCUT2D eigenvalue weighted by Gasteiger charge is -2.37. The van der Waals surface area contributed by atoms with E-state index in [0.717, 1.165) is 54.9 Å². The van der Waals surface area contributed by atoms with Crippen molar-refractivity contribution in [2.24, 2.45) is 5.92 Å². The third kappa shape index (κ3) is 4.54. The Labute approximate surface area is 183 Å². The molecule has 0 radical (unpaired) electrons. The SMILES string of the molecule is Cc1cc(Cl)cc2c1N(C(=O)C1CCN(C(=O)CCc3ccccc3)CC1)CCC2. The van der Waals surface area contributed by atoms with Crippen LogP contribution in [0.4, 0.5) is 5.69 Å². The molecule has 4 rings (SSSR count). The quantitative estimate of drug-likeness (QED) is 0.707. The first-order chi connectivity index (χ1) is 14.5. The number of anilines is 1. The number of benzene rings is 2. The van der Waals surface area contributed by atoms with Gasteiger partial charge in [0.2, 0.25) is 11.8 Å². The van der Waals surface area contributed by atoms with Gasteiger partial charge in [0, 0.05) is 42.7 Å². The fourth-order valence-corrected chi connectivity index (χ4v) is 5.09. The molecule has 158 valence electrons. The van der Waals surface area contributed by atoms with Crippen molar-refractivity contribution in [1.29, 1.82) is 0 Å². The second-order valence-corrected chi connectivity index (χ2v) is 8.90. The molecule has 2 aliphatic heterocycles. The summed E-state index contributed by atoms with van der Waals surface area (Å²) in [5.74, 6) is 0.389. The number of rotatable bonds is 4. The average Bonchev–Trinajstić information content (AvgIpc) is 2.77. The summed E-state index contributed by atoms with van der Waals surface area (Å²) in [6, 6.07) is 14.1. The van der Waals surface area contributed by atoms with Crippen LogP contribution in [0.2, 0.25) is 5.02 Å². The number of halogens is 1. The molecule has 2 aromatic carbocycles. The van der Waals surface area contributed by atoms with Gasteiger partial charge in [-0.05, 0) is 67.9 Å². The zero-order chi connectivity index (χ0) is 21.1. The number of hydrogen-bond donors (Lipinski definition) is 0. The van der Waals surface area contributed by atoms with E-state index in [1.807, 2.05) is 47.1 Å². The van der Waals surface area contributed by atoms with E-state index >= 15 is 0 Å². The molecule has 0 N–H and O–H groups in total. The first-order valence-electron chi connectivity index (χ1n) is 10.9. The van der Waals surface area contributed by atoms with Gasteiger partial charge in [0.05, 0.1) is 0 Å². The largest absolute Gasteiger partial charge is 0.343 e. The van der Waals surface area contributed by atoms with E-state index in [9.17, 15) is 9.59 Å².